The molecule has 0 atom stereocenters. The van der Waals surface area contributed by atoms with Crippen molar-refractivity contribution in [3.8, 4) is 11.1 Å². The molecule has 3 aromatic rings. The molecular formula is C16H12Cl2N2. The molecule has 0 spiro atoms. The maximum Gasteiger partial charge on any atom is 0.0660 e. The van der Waals surface area contributed by atoms with Crippen LogP contribution in [0.5, 0.6) is 0 Å². The molecule has 0 aliphatic rings. The van der Waals surface area contributed by atoms with Crippen molar-refractivity contribution in [1.82, 2.24) is 9.78 Å². The second-order valence-corrected chi connectivity index (χ2v) is 5.44. The predicted molar refractivity (Wildman–Crippen MR) is 83.2 cm³/mol. The molecule has 1 heterocycles. The predicted octanol–water partition coefficient (Wildman–Crippen LogP) is 4.91. The van der Waals surface area contributed by atoms with Crippen molar-refractivity contribution in [2.24, 2.45) is 0 Å². The molecule has 1 aromatic heterocycles. The first kappa shape index (κ1) is 13.2. The first-order valence-electron chi connectivity index (χ1n) is 6.23. The Morgan fingerprint density at radius 1 is 0.900 bits per heavy atom. The summed E-state index contributed by atoms with van der Waals surface area (Å²) in [6, 6.07) is 15.5. The van der Waals surface area contributed by atoms with Gasteiger partial charge in [0.1, 0.15) is 0 Å². The highest BCUT2D eigenvalue weighted by atomic mass is 35.5. The van der Waals surface area contributed by atoms with E-state index in [0.717, 1.165) is 26.7 Å². The summed E-state index contributed by atoms with van der Waals surface area (Å²) in [6.45, 7) is 0.696. The number of benzene rings is 2. The van der Waals surface area contributed by atoms with Gasteiger partial charge in [-0.25, -0.2) is 0 Å². The number of nitrogens with zero attached hydrogens (tertiary/aromatic N) is 2. The summed E-state index contributed by atoms with van der Waals surface area (Å²) in [5.74, 6) is 0. The van der Waals surface area contributed by atoms with Gasteiger partial charge in [-0.15, -0.1) is 0 Å². The Kier molecular flexibility index (Phi) is 3.77. The van der Waals surface area contributed by atoms with Gasteiger partial charge < -0.3 is 0 Å². The molecule has 0 unspecified atom stereocenters. The largest absolute Gasteiger partial charge is 0.268 e. The summed E-state index contributed by atoms with van der Waals surface area (Å²) in [4.78, 5) is 0. The van der Waals surface area contributed by atoms with Gasteiger partial charge in [0.15, 0.2) is 0 Å². The van der Waals surface area contributed by atoms with Crippen LogP contribution in [0.15, 0.2) is 60.9 Å². The van der Waals surface area contributed by atoms with E-state index in [9.17, 15) is 0 Å². The first-order valence-corrected chi connectivity index (χ1v) is 6.99. The van der Waals surface area contributed by atoms with E-state index < -0.39 is 0 Å². The van der Waals surface area contributed by atoms with Gasteiger partial charge in [-0.1, -0.05) is 47.5 Å². The fourth-order valence-electron chi connectivity index (χ4n) is 2.09. The monoisotopic (exact) mass is 302 g/mol. The molecule has 4 heteroatoms. The van der Waals surface area contributed by atoms with Crippen molar-refractivity contribution in [3.05, 3.63) is 76.5 Å². The van der Waals surface area contributed by atoms with Gasteiger partial charge in [0.2, 0.25) is 0 Å². The summed E-state index contributed by atoms with van der Waals surface area (Å²) < 4.78 is 1.89. The van der Waals surface area contributed by atoms with Crippen LogP contribution in [0.25, 0.3) is 11.1 Å². The quantitative estimate of drug-likeness (QED) is 0.672. The van der Waals surface area contributed by atoms with Crippen molar-refractivity contribution in [1.29, 1.82) is 0 Å². The third kappa shape index (κ3) is 3.03. The van der Waals surface area contributed by atoms with Gasteiger partial charge in [0, 0.05) is 21.8 Å². The highest BCUT2D eigenvalue weighted by Crippen LogP contribution is 2.22. The summed E-state index contributed by atoms with van der Waals surface area (Å²) in [5, 5.41) is 5.85. The van der Waals surface area contributed by atoms with E-state index in [0.29, 0.717) is 6.54 Å². The van der Waals surface area contributed by atoms with Crippen molar-refractivity contribution >= 4 is 23.2 Å². The molecule has 0 bridgehead atoms. The normalized spacial score (nSPS) is 10.7. The zero-order chi connectivity index (χ0) is 13.9. The average Bonchev–Trinajstić information content (AvgIpc) is 2.87. The Morgan fingerprint density at radius 3 is 2.40 bits per heavy atom. The Hall–Kier alpha value is -1.77. The van der Waals surface area contributed by atoms with Gasteiger partial charge in [-0.2, -0.15) is 5.10 Å². The van der Waals surface area contributed by atoms with Crippen LogP contribution in [-0.4, -0.2) is 9.78 Å². The highest BCUT2D eigenvalue weighted by molar-refractivity contribution is 6.31. The summed E-state index contributed by atoms with van der Waals surface area (Å²) in [6.07, 6.45) is 3.85. The van der Waals surface area contributed by atoms with E-state index >= 15 is 0 Å². The van der Waals surface area contributed by atoms with Crippen molar-refractivity contribution in [2.75, 3.05) is 0 Å². The molecule has 0 fully saturated rings. The standard InChI is InChI=1S/C16H12Cl2N2/c17-15-5-1-3-12(7-15)10-20-11-14(9-19-20)13-4-2-6-16(18)8-13/h1-9,11H,10H2. The molecule has 0 radical (unpaired) electrons. The zero-order valence-corrected chi connectivity index (χ0v) is 12.1. The van der Waals surface area contributed by atoms with Crippen LogP contribution in [0.1, 0.15) is 5.56 Å². The van der Waals surface area contributed by atoms with E-state index in [1.54, 1.807) is 0 Å². The molecule has 0 aliphatic carbocycles. The minimum Gasteiger partial charge on any atom is -0.268 e. The molecule has 3 rings (SSSR count). The zero-order valence-electron chi connectivity index (χ0n) is 10.6. The lowest BCUT2D eigenvalue weighted by Gasteiger charge is -2.02. The van der Waals surface area contributed by atoms with Crippen LogP contribution >= 0.6 is 23.2 Å². The lowest BCUT2D eigenvalue weighted by atomic mass is 10.1. The number of rotatable bonds is 3. The molecule has 0 saturated carbocycles. The van der Waals surface area contributed by atoms with E-state index in [4.69, 9.17) is 23.2 Å². The maximum absolute atomic E-state index is 6.01. The molecule has 100 valence electrons. The first-order chi connectivity index (χ1) is 9.70. The van der Waals surface area contributed by atoms with Crippen LogP contribution in [0.3, 0.4) is 0 Å². The van der Waals surface area contributed by atoms with Crippen LogP contribution in [0.4, 0.5) is 0 Å². The van der Waals surface area contributed by atoms with Crippen molar-refractivity contribution in [2.45, 2.75) is 6.54 Å². The molecule has 2 nitrogen and oxygen atoms in total. The second-order valence-electron chi connectivity index (χ2n) is 4.57. The van der Waals surface area contributed by atoms with Gasteiger partial charge in [-0.3, -0.25) is 4.68 Å². The van der Waals surface area contributed by atoms with Gasteiger partial charge in [-0.05, 0) is 35.4 Å². The lowest BCUT2D eigenvalue weighted by Crippen LogP contribution is -1.99. The van der Waals surface area contributed by atoms with Gasteiger partial charge >= 0.3 is 0 Å². The number of halogens is 2. The van der Waals surface area contributed by atoms with E-state index in [-0.39, 0.29) is 0 Å². The molecule has 0 aliphatic heterocycles. The molecular weight excluding hydrogens is 291 g/mol. The van der Waals surface area contributed by atoms with Crippen LogP contribution in [-0.2, 0) is 6.54 Å². The molecule has 20 heavy (non-hydrogen) atoms. The number of hydrogen-bond donors (Lipinski definition) is 0. The SMILES string of the molecule is Clc1cccc(Cn2cc(-c3cccc(Cl)c3)cn2)c1. The molecule has 0 amide bonds. The van der Waals surface area contributed by atoms with Crippen molar-refractivity contribution in [3.63, 3.8) is 0 Å². The third-order valence-corrected chi connectivity index (χ3v) is 3.49. The van der Waals surface area contributed by atoms with Crippen LogP contribution < -0.4 is 0 Å². The second kappa shape index (κ2) is 5.70. The topological polar surface area (TPSA) is 17.8 Å². The fraction of sp³-hybridized carbons (Fsp3) is 0.0625. The molecule has 0 saturated heterocycles. The van der Waals surface area contributed by atoms with E-state index in [1.807, 2.05) is 65.6 Å². The summed E-state index contributed by atoms with van der Waals surface area (Å²) in [7, 11) is 0. The molecule has 2 aromatic carbocycles. The maximum atomic E-state index is 6.01. The van der Waals surface area contributed by atoms with Gasteiger partial charge in [0.05, 0.1) is 12.7 Å². The third-order valence-electron chi connectivity index (χ3n) is 3.02. The summed E-state index contributed by atoms with van der Waals surface area (Å²) in [5.41, 5.74) is 3.24. The molecule has 0 N–H and O–H groups in total. The number of aromatic nitrogens is 2. The Balaban J connectivity index is 1.84. The van der Waals surface area contributed by atoms with E-state index in [2.05, 4.69) is 5.10 Å². The fourth-order valence-corrected chi connectivity index (χ4v) is 2.49. The van der Waals surface area contributed by atoms with Crippen LogP contribution in [0, 0.1) is 0 Å². The smallest absolute Gasteiger partial charge is 0.0660 e. The Morgan fingerprint density at radius 2 is 1.65 bits per heavy atom. The van der Waals surface area contributed by atoms with Gasteiger partial charge in [0.25, 0.3) is 0 Å². The minimum atomic E-state index is 0.696. The number of hydrogen-bond acceptors (Lipinski definition) is 1. The average molecular weight is 303 g/mol. The summed E-state index contributed by atoms with van der Waals surface area (Å²) >= 11 is 12.0. The van der Waals surface area contributed by atoms with E-state index in [1.165, 1.54) is 0 Å². The Bertz CT molecular complexity index is 735. The lowest BCUT2D eigenvalue weighted by molar-refractivity contribution is 0.687. The van der Waals surface area contributed by atoms with Crippen molar-refractivity contribution < 1.29 is 0 Å². The van der Waals surface area contributed by atoms with Crippen LogP contribution in [0.2, 0.25) is 10.0 Å². The highest BCUT2D eigenvalue weighted by Gasteiger charge is 2.03. The Labute approximate surface area is 127 Å². The minimum absolute atomic E-state index is 0.696.